The van der Waals surface area contributed by atoms with E-state index in [1.165, 1.54) is 18.5 Å². The van der Waals surface area contributed by atoms with Crippen molar-refractivity contribution in [2.24, 2.45) is 0 Å². The van der Waals surface area contributed by atoms with Gasteiger partial charge in [-0.2, -0.15) is 0 Å². The van der Waals surface area contributed by atoms with Crippen molar-refractivity contribution in [2.45, 2.75) is 23.5 Å². The maximum Gasteiger partial charge on any atom is 0.216 e. The molecule has 0 spiro atoms. The first-order valence-corrected chi connectivity index (χ1v) is 9.73. The summed E-state index contributed by atoms with van der Waals surface area (Å²) in [5, 5.41) is -1.05. The zero-order valence-corrected chi connectivity index (χ0v) is 13.5. The van der Waals surface area contributed by atoms with Crippen molar-refractivity contribution in [3.8, 4) is 0 Å². The van der Waals surface area contributed by atoms with Gasteiger partial charge in [0.2, 0.25) is 10.0 Å². The van der Waals surface area contributed by atoms with Crippen LogP contribution in [0.15, 0.2) is 0 Å². The zero-order valence-electron chi connectivity index (χ0n) is 11.1. The molecule has 1 saturated heterocycles. The number of sulfone groups is 1. The number of alkyl halides is 1. The van der Waals surface area contributed by atoms with Crippen LogP contribution in [0.5, 0.6) is 0 Å². The number of hydrogen-bond donors (Lipinski definition) is 0. The molecule has 0 bridgehead atoms. The predicted molar refractivity (Wildman–Crippen MR) is 74.7 cm³/mol. The SMILES string of the molecule is COCC(Cl)CN(C)S(=O)(=O)C1CCS(=O)(=O)CC1. The summed E-state index contributed by atoms with van der Waals surface area (Å²) in [7, 11) is -3.60. The summed E-state index contributed by atoms with van der Waals surface area (Å²) in [4.78, 5) is 0. The summed E-state index contributed by atoms with van der Waals surface area (Å²) in [6, 6.07) is 0. The van der Waals surface area contributed by atoms with Crippen molar-refractivity contribution < 1.29 is 21.6 Å². The Hall–Kier alpha value is 0.110. The van der Waals surface area contributed by atoms with Gasteiger partial charge in [-0.25, -0.2) is 21.1 Å². The number of nitrogens with zero attached hydrogens (tertiary/aromatic N) is 1. The molecule has 0 saturated carbocycles. The van der Waals surface area contributed by atoms with Gasteiger partial charge in [0.15, 0.2) is 0 Å². The Balaban J connectivity index is 2.65. The van der Waals surface area contributed by atoms with Crippen molar-refractivity contribution in [3.05, 3.63) is 0 Å². The van der Waals surface area contributed by atoms with Crippen LogP contribution in [0, 0.1) is 0 Å². The van der Waals surface area contributed by atoms with Crippen LogP contribution >= 0.6 is 11.6 Å². The summed E-state index contributed by atoms with van der Waals surface area (Å²) in [5.74, 6) is -0.125. The maximum absolute atomic E-state index is 12.3. The quantitative estimate of drug-likeness (QED) is 0.643. The monoisotopic (exact) mass is 333 g/mol. The highest BCUT2D eigenvalue weighted by Gasteiger charge is 2.35. The third-order valence-electron chi connectivity index (χ3n) is 3.16. The first-order chi connectivity index (χ1) is 8.69. The van der Waals surface area contributed by atoms with E-state index in [0.717, 1.165) is 0 Å². The predicted octanol–water partition coefficient (Wildman–Crippen LogP) is 0.0790. The lowest BCUT2D eigenvalue weighted by Gasteiger charge is -2.28. The van der Waals surface area contributed by atoms with E-state index in [1.54, 1.807) is 0 Å². The van der Waals surface area contributed by atoms with E-state index in [0.29, 0.717) is 0 Å². The molecule has 6 nitrogen and oxygen atoms in total. The van der Waals surface area contributed by atoms with Crippen LogP contribution in [0.1, 0.15) is 12.8 Å². The third kappa shape index (κ3) is 4.86. The first-order valence-electron chi connectivity index (χ1n) is 5.97. The highest BCUT2D eigenvalue weighted by atomic mass is 35.5. The average Bonchev–Trinajstić information content (AvgIpc) is 2.28. The highest BCUT2D eigenvalue weighted by Crippen LogP contribution is 2.22. The van der Waals surface area contributed by atoms with Gasteiger partial charge in [-0.1, -0.05) is 0 Å². The second-order valence-electron chi connectivity index (χ2n) is 4.73. The third-order valence-corrected chi connectivity index (χ3v) is 7.47. The molecule has 0 radical (unpaired) electrons. The van der Waals surface area contributed by atoms with Crippen LogP contribution < -0.4 is 0 Å². The number of halogens is 1. The Kier molecular flexibility index (Phi) is 6.06. The number of sulfonamides is 1. The number of rotatable bonds is 6. The van der Waals surface area contributed by atoms with E-state index in [-0.39, 0.29) is 37.5 Å². The molecule has 1 atom stereocenters. The molecule has 1 rings (SSSR count). The lowest BCUT2D eigenvalue weighted by molar-refractivity contribution is 0.192. The van der Waals surface area contributed by atoms with Gasteiger partial charge < -0.3 is 4.74 Å². The van der Waals surface area contributed by atoms with E-state index < -0.39 is 30.5 Å². The summed E-state index contributed by atoms with van der Waals surface area (Å²) >= 11 is 5.94. The van der Waals surface area contributed by atoms with Crippen molar-refractivity contribution in [2.75, 3.05) is 38.8 Å². The molecule has 0 aliphatic carbocycles. The van der Waals surface area contributed by atoms with Crippen LogP contribution in [0.2, 0.25) is 0 Å². The van der Waals surface area contributed by atoms with E-state index in [9.17, 15) is 16.8 Å². The van der Waals surface area contributed by atoms with E-state index in [4.69, 9.17) is 16.3 Å². The topological polar surface area (TPSA) is 80.8 Å². The minimum atomic E-state index is -3.50. The second-order valence-corrected chi connectivity index (χ2v) is 9.97. The number of hydrogen-bond acceptors (Lipinski definition) is 5. The molecule has 0 aromatic rings. The Morgan fingerprint density at radius 2 is 1.89 bits per heavy atom. The van der Waals surface area contributed by atoms with Crippen molar-refractivity contribution in [3.63, 3.8) is 0 Å². The van der Waals surface area contributed by atoms with Crippen LogP contribution in [-0.2, 0) is 24.6 Å². The minimum absolute atomic E-state index is 0.0624. The molecule has 0 amide bonds. The normalized spacial score (nSPS) is 22.5. The van der Waals surface area contributed by atoms with Crippen LogP contribution in [-0.4, -0.2) is 70.6 Å². The molecule has 0 aromatic heterocycles. The summed E-state index contributed by atoms with van der Waals surface area (Å²) < 4.78 is 53.2. The second kappa shape index (κ2) is 6.71. The maximum atomic E-state index is 12.3. The van der Waals surface area contributed by atoms with Gasteiger partial charge in [0.1, 0.15) is 9.84 Å². The Labute approximate surface area is 120 Å². The Morgan fingerprint density at radius 3 is 2.37 bits per heavy atom. The molecular formula is C10H20ClNO5S2. The summed E-state index contributed by atoms with van der Waals surface area (Å²) in [5.41, 5.74) is 0. The van der Waals surface area contributed by atoms with Gasteiger partial charge >= 0.3 is 0 Å². The molecular weight excluding hydrogens is 314 g/mol. The van der Waals surface area contributed by atoms with Gasteiger partial charge in [0.25, 0.3) is 0 Å². The van der Waals surface area contributed by atoms with Crippen LogP contribution in [0.25, 0.3) is 0 Å². The molecule has 19 heavy (non-hydrogen) atoms. The smallest absolute Gasteiger partial charge is 0.216 e. The molecule has 1 aliphatic rings. The Morgan fingerprint density at radius 1 is 1.37 bits per heavy atom. The molecule has 0 aromatic carbocycles. The van der Waals surface area contributed by atoms with E-state index in [1.807, 2.05) is 0 Å². The fourth-order valence-corrected chi connectivity index (χ4v) is 5.97. The molecule has 9 heteroatoms. The van der Waals surface area contributed by atoms with Gasteiger partial charge in [0.05, 0.1) is 28.7 Å². The van der Waals surface area contributed by atoms with E-state index >= 15 is 0 Å². The Bertz CT molecular complexity index is 476. The van der Waals surface area contributed by atoms with Crippen molar-refractivity contribution in [1.82, 2.24) is 4.31 Å². The fraction of sp³-hybridized carbons (Fsp3) is 1.00. The first kappa shape index (κ1) is 17.2. The van der Waals surface area contributed by atoms with Gasteiger partial charge in [0, 0.05) is 20.7 Å². The van der Waals surface area contributed by atoms with Crippen LogP contribution in [0.3, 0.4) is 0 Å². The van der Waals surface area contributed by atoms with Gasteiger partial charge in [-0.3, -0.25) is 0 Å². The van der Waals surface area contributed by atoms with Gasteiger partial charge in [-0.05, 0) is 12.8 Å². The molecule has 1 fully saturated rings. The average molecular weight is 334 g/mol. The summed E-state index contributed by atoms with van der Waals surface area (Å²) in [6.07, 6.45) is 0.318. The molecule has 0 N–H and O–H groups in total. The standard InChI is InChI=1S/C10H20ClNO5S2/c1-12(7-9(11)8-17-2)19(15,16)10-3-5-18(13,14)6-4-10/h9-10H,3-8H2,1-2H3. The minimum Gasteiger partial charge on any atom is -0.383 e. The van der Waals surface area contributed by atoms with Crippen molar-refractivity contribution in [1.29, 1.82) is 0 Å². The van der Waals surface area contributed by atoms with Crippen LogP contribution in [0.4, 0.5) is 0 Å². The van der Waals surface area contributed by atoms with Crippen molar-refractivity contribution >= 4 is 31.5 Å². The number of methoxy groups -OCH3 is 1. The van der Waals surface area contributed by atoms with E-state index in [2.05, 4.69) is 0 Å². The molecule has 1 unspecified atom stereocenters. The molecule has 1 aliphatic heterocycles. The van der Waals surface area contributed by atoms with Gasteiger partial charge in [-0.15, -0.1) is 11.6 Å². The lowest BCUT2D eigenvalue weighted by Crippen LogP contribution is -2.43. The highest BCUT2D eigenvalue weighted by molar-refractivity contribution is 7.92. The largest absolute Gasteiger partial charge is 0.383 e. The lowest BCUT2D eigenvalue weighted by atomic mass is 10.2. The fourth-order valence-electron chi connectivity index (χ4n) is 2.04. The summed E-state index contributed by atoms with van der Waals surface area (Å²) in [6.45, 7) is 0.418. The zero-order chi connectivity index (χ0) is 14.7. The number of ether oxygens (including phenoxy) is 1. The molecule has 114 valence electrons. The molecule has 1 heterocycles.